The van der Waals surface area contributed by atoms with Crippen molar-refractivity contribution in [2.24, 2.45) is 0 Å². The number of aromatic nitrogens is 1. The van der Waals surface area contributed by atoms with Gasteiger partial charge in [0.25, 0.3) is 0 Å². The van der Waals surface area contributed by atoms with Gasteiger partial charge in [0.1, 0.15) is 11.6 Å². The molecule has 0 amide bonds. The van der Waals surface area contributed by atoms with Crippen LogP contribution in [-0.4, -0.2) is 29.9 Å². The molecule has 0 atom stereocenters. The molecule has 1 saturated heterocycles. The van der Waals surface area contributed by atoms with Crippen LogP contribution in [0.25, 0.3) is 0 Å². The van der Waals surface area contributed by atoms with Crippen LogP contribution in [0, 0.1) is 5.41 Å². The summed E-state index contributed by atoms with van der Waals surface area (Å²) < 4.78 is 5.82. The third-order valence-electron chi connectivity index (χ3n) is 4.34. The molecule has 4 rings (SSSR count). The first kappa shape index (κ1) is 14.1. The third kappa shape index (κ3) is 2.86. The fraction of sp³-hybridized carbons (Fsp3) is 0.333. The monoisotopic (exact) mass is 308 g/mol. The van der Waals surface area contributed by atoms with E-state index < -0.39 is 0 Å². The maximum atomic E-state index is 8.54. The van der Waals surface area contributed by atoms with Gasteiger partial charge in [0.2, 0.25) is 0 Å². The fourth-order valence-corrected chi connectivity index (χ4v) is 2.65. The SMILES string of the molecule is N=C(c1ccnc(N2CCC2)c1)c1cc(OC2CC2)ccc1N. The molecular formula is C18H20N4O. The normalized spacial score (nSPS) is 16.8. The molecule has 5 nitrogen and oxygen atoms in total. The van der Waals surface area contributed by atoms with Gasteiger partial charge in [-0.15, -0.1) is 0 Å². The van der Waals surface area contributed by atoms with E-state index in [2.05, 4.69) is 9.88 Å². The van der Waals surface area contributed by atoms with E-state index >= 15 is 0 Å². The minimum Gasteiger partial charge on any atom is -0.490 e. The molecule has 2 fully saturated rings. The second-order valence-corrected chi connectivity index (χ2v) is 6.18. The molecule has 0 spiro atoms. The Labute approximate surface area is 135 Å². The number of hydrogen-bond acceptors (Lipinski definition) is 5. The molecule has 5 heteroatoms. The van der Waals surface area contributed by atoms with E-state index in [0.717, 1.165) is 43.1 Å². The van der Waals surface area contributed by atoms with E-state index in [1.807, 2.05) is 30.3 Å². The van der Waals surface area contributed by atoms with E-state index in [4.69, 9.17) is 15.9 Å². The van der Waals surface area contributed by atoms with Crippen LogP contribution in [0.2, 0.25) is 0 Å². The zero-order valence-corrected chi connectivity index (χ0v) is 13.0. The van der Waals surface area contributed by atoms with E-state index in [1.54, 1.807) is 6.20 Å². The van der Waals surface area contributed by atoms with Crippen LogP contribution in [0.1, 0.15) is 30.4 Å². The Balaban J connectivity index is 1.62. The number of pyridine rings is 1. The van der Waals surface area contributed by atoms with E-state index in [-0.39, 0.29) is 0 Å². The molecule has 0 radical (unpaired) electrons. The lowest BCUT2D eigenvalue weighted by atomic mass is 10.0. The van der Waals surface area contributed by atoms with Gasteiger partial charge in [0.05, 0.1) is 11.8 Å². The molecule has 118 valence electrons. The Morgan fingerprint density at radius 2 is 2.04 bits per heavy atom. The average Bonchev–Trinajstić information content (AvgIpc) is 3.31. The fourth-order valence-electron chi connectivity index (χ4n) is 2.65. The summed E-state index contributed by atoms with van der Waals surface area (Å²) in [6.45, 7) is 2.08. The summed E-state index contributed by atoms with van der Waals surface area (Å²) in [5.74, 6) is 1.72. The van der Waals surface area contributed by atoms with Gasteiger partial charge in [-0.05, 0) is 49.6 Å². The van der Waals surface area contributed by atoms with Crippen molar-refractivity contribution in [1.29, 1.82) is 5.41 Å². The molecule has 2 aliphatic rings. The van der Waals surface area contributed by atoms with Gasteiger partial charge < -0.3 is 15.4 Å². The van der Waals surface area contributed by atoms with Crippen molar-refractivity contribution in [2.75, 3.05) is 23.7 Å². The molecule has 1 aromatic heterocycles. The number of hydrogen-bond donors (Lipinski definition) is 2. The van der Waals surface area contributed by atoms with Crippen LogP contribution >= 0.6 is 0 Å². The minimum atomic E-state index is 0.333. The average molecular weight is 308 g/mol. The minimum absolute atomic E-state index is 0.333. The second-order valence-electron chi connectivity index (χ2n) is 6.18. The van der Waals surface area contributed by atoms with Crippen LogP contribution in [0.4, 0.5) is 11.5 Å². The summed E-state index contributed by atoms with van der Waals surface area (Å²) in [5, 5.41) is 8.54. The lowest BCUT2D eigenvalue weighted by Gasteiger charge is -2.32. The van der Waals surface area contributed by atoms with Crippen LogP contribution in [0.5, 0.6) is 5.75 Å². The highest BCUT2D eigenvalue weighted by molar-refractivity contribution is 6.14. The van der Waals surface area contributed by atoms with Gasteiger partial charge in [-0.2, -0.15) is 0 Å². The predicted molar refractivity (Wildman–Crippen MR) is 91.5 cm³/mol. The van der Waals surface area contributed by atoms with Gasteiger partial charge in [0.15, 0.2) is 0 Å². The van der Waals surface area contributed by atoms with Gasteiger partial charge in [-0.1, -0.05) is 0 Å². The zero-order chi connectivity index (χ0) is 15.8. The van der Waals surface area contributed by atoms with Gasteiger partial charge in [0, 0.05) is 36.1 Å². The number of anilines is 2. The van der Waals surface area contributed by atoms with Gasteiger partial charge in [-0.3, -0.25) is 5.41 Å². The smallest absolute Gasteiger partial charge is 0.129 e. The molecular weight excluding hydrogens is 288 g/mol. The molecule has 0 bridgehead atoms. The number of benzene rings is 1. The first-order valence-electron chi connectivity index (χ1n) is 8.07. The molecule has 1 aliphatic heterocycles. The molecule has 0 unspecified atom stereocenters. The molecule has 2 aromatic rings. The summed E-state index contributed by atoms with van der Waals surface area (Å²) in [6, 6.07) is 9.40. The molecule has 3 N–H and O–H groups in total. The Morgan fingerprint density at radius 3 is 2.74 bits per heavy atom. The number of nitrogen functional groups attached to an aromatic ring is 1. The number of nitrogens with zero attached hydrogens (tertiary/aromatic N) is 2. The topological polar surface area (TPSA) is 75.2 Å². The first-order chi connectivity index (χ1) is 11.2. The number of nitrogens with two attached hydrogens (primary N) is 1. The maximum Gasteiger partial charge on any atom is 0.129 e. The highest BCUT2D eigenvalue weighted by Crippen LogP contribution is 2.30. The number of nitrogens with one attached hydrogen (secondary N) is 1. The summed E-state index contributed by atoms with van der Waals surface area (Å²) >= 11 is 0. The summed E-state index contributed by atoms with van der Waals surface area (Å²) in [6.07, 6.45) is 5.52. The Bertz CT molecular complexity index is 750. The second kappa shape index (κ2) is 5.57. The highest BCUT2D eigenvalue weighted by Gasteiger charge is 2.24. The van der Waals surface area contributed by atoms with Crippen molar-refractivity contribution in [3.8, 4) is 5.75 Å². The first-order valence-corrected chi connectivity index (χ1v) is 8.07. The quantitative estimate of drug-likeness (QED) is 0.658. The van der Waals surface area contributed by atoms with E-state index in [9.17, 15) is 0 Å². The number of ether oxygens (including phenoxy) is 1. The van der Waals surface area contributed by atoms with Crippen LogP contribution < -0.4 is 15.4 Å². The Kier molecular flexibility index (Phi) is 3.41. The Hall–Kier alpha value is -2.56. The lowest BCUT2D eigenvalue weighted by molar-refractivity contribution is 0.303. The van der Waals surface area contributed by atoms with Crippen molar-refractivity contribution >= 4 is 17.2 Å². The van der Waals surface area contributed by atoms with Crippen LogP contribution in [0.3, 0.4) is 0 Å². The summed E-state index contributed by atoms with van der Waals surface area (Å²) in [7, 11) is 0. The van der Waals surface area contributed by atoms with Crippen molar-refractivity contribution in [3.63, 3.8) is 0 Å². The van der Waals surface area contributed by atoms with Gasteiger partial charge in [-0.25, -0.2) is 4.98 Å². The number of rotatable bonds is 5. The lowest BCUT2D eigenvalue weighted by Crippen LogP contribution is -2.37. The third-order valence-corrected chi connectivity index (χ3v) is 4.34. The predicted octanol–water partition coefficient (Wildman–Crippen LogP) is 2.83. The highest BCUT2D eigenvalue weighted by atomic mass is 16.5. The zero-order valence-electron chi connectivity index (χ0n) is 13.0. The van der Waals surface area contributed by atoms with Crippen molar-refractivity contribution in [3.05, 3.63) is 47.7 Å². The largest absolute Gasteiger partial charge is 0.490 e. The molecule has 2 heterocycles. The van der Waals surface area contributed by atoms with Crippen molar-refractivity contribution in [1.82, 2.24) is 4.98 Å². The standard InChI is InChI=1S/C18H20N4O/c19-16-5-4-14(23-13-2-3-13)11-15(16)18(20)12-6-7-21-17(10-12)22-8-1-9-22/h4-7,10-11,13,20H,1-3,8-9,19H2. The van der Waals surface area contributed by atoms with Gasteiger partial charge >= 0.3 is 0 Å². The van der Waals surface area contributed by atoms with Crippen LogP contribution in [0.15, 0.2) is 36.5 Å². The molecule has 1 saturated carbocycles. The van der Waals surface area contributed by atoms with Crippen LogP contribution in [-0.2, 0) is 0 Å². The van der Waals surface area contributed by atoms with Crippen molar-refractivity contribution < 1.29 is 4.74 Å². The summed E-state index contributed by atoms with van der Waals surface area (Å²) in [4.78, 5) is 6.61. The Morgan fingerprint density at radius 1 is 1.22 bits per heavy atom. The van der Waals surface area contributed by atoms with Crippen molar-refractivity contribution in [2.45, 2.75) is 25.4 Å². The molecule has 23 heavy (non-hydrogen) atoms. The maximum absolute atomic E-state index is 8.54. The summed E-state index contributed by atoms with van der Waals surface area (Å²) in [5.41, 5.74) is 8.64. The molecule has 1 aliphatic carbocycles. The van der Waals surface area contributed by atoms with E-state index in [1.165, 1.54) is 6.42 Å². The molecule has 1 aromatic carbocycles. The van der Waals surface area contributed by atoms with E-state index in [0.29, 0.717) is 23.1 Å².